The first-order chi connectivity index (χ1) is 8.65. The maximum absolute atomic E-state index is 11.6. The Hall–Kier alpha value is -0.710. The Balaban J connectivity index is 2.14. The molecule has 1 rings (SSSR count). The number of hydrogen-bond acceptors (Lipinski definition) is 3. The highest BCUT2D eigenvalue weighted by Gasteiger charge is 2.23. The standard InChI is InChI=1S/C13H24N2O2S/c1-3-5-11(6-4-2)18-9-12(16)15-13(17)14-10-7-8-10/h10-11H,3-9H2,1-2H3,(H2,14,15,16,17). The van der Waals surface area contributed by atoms with Crippen LogP contribution in [-0.4, -0.2) is 29.0 Å². The smallest absolute Gasteiger partial charge is 0.321 e. The van der Waals surface area contributed by atoms with Crippen molar-refractivity contribution in [1.29, 1.82) is 0 Å². The van der Waals surface area contributed by atoms with Gasteiger partial charge in [-0.3, -0.25) is 10.1 Å². The summed E-state index contributed by atoms with van der Waals surface area (Å²) in [6.45, 7) is 4.32. The Bertz CT molecular complexity index is 274. The fourth-order valence-electron chi connectivity index (χ4n) is 1.76. The molecule has 3 amide bonds. The van der Waals surface area contributed by atoms with Crippen LogP contribution in [0.2, 0.25) is 0 Å². The molecule has 0 spiro atoms. The van der Waals surface area contributed by atoms with Gasteiger partial charge < -0.3 is 5.32 Å². The van der Waals surface area contributed by atoms with Crippen molar-refractivity contribution in [2.75, 3.05) is 5.75 Å². The second-order valence-electron chi connectivity index (χ2n) is 4.81. The first-order valence-corrected chi connectivity index (χ1v) is 7.92. The van der Waals surface area contributed by atoms with Crippen molar-refractivity contribution >= 4 is 23.7 Å². The molecule has 0 aromatic carbocycles. The molecule has 1 saturated carbocycles. The molecule has 0 bridgehead atoms. The highest BCUT2D eigenvalue weighted by molar-refractivity contribution is 8.00. The Morgan fingerprint density at radius 2 is 1.83 bits per heavy atom. The lowest BCUT2D eigenvalue weighted by molar-refractivity contribution is -0.117. The minimum Gasteiger partial charge on any atom is -0.335 e. The average molecular weight is 272 g/mol. The van der Waals surface area contributed by atoms with Crippen molar-refractivity contribution in [2.24, 2.45) is 0 Å². The van der Waals surface area contributed by atoms with E-state index in [2.05, 4.69) is 24.5 Å². The van der Waals surface area contributed by atoms with Crippen LogP contribution in [0.1, 0.15) is 52.4 Å². The summed E-state index contributed by atoms with van der Waals surface area (Å²) in [6, 6.07) is -0.0518. The summed E-state index contributed by atoms with van der Waals surface area (Å²) >= 11 is 1.66. The zero-order valence-corrected chi connectivity index (χ0v) is 12.1. The minimum atomic E-state index is -0.342. The Kier molecular flexibility index (Phi) is 7.16. The SMILES string of the molecule is CCCC(CCC)SCC(=O)NC(=O)NC1CC1. The molecule has 1 fully saturated rings. The topological polar surface area (TPSA) is 58.2 Å². The van der Waals surface area contributed by atoms with E-state index in [-0.39, 0.29) is 11.9 Å². The van der Waals surface area contributed by atoms with Gasteiger partial charge in [0.1, 0.15) is 0 Å². The van der Waals surface area contributed by atoms with Gasteiger partial charge in [0.05, 0.1) is 5.75 Å². The van der Waals surface area contributed by atoms with Gasteiger partial charge in [-0.25, -0.2) is 4.79 Å². The zero-order chi connectivity index (χ0) is 13.4. The van der Waals surface area contributed by atoms with Gasteiger partial charge in [-0.15, -0.1) is 11.8 Å². The molecule has 1 aliphatic rings. The monoisotopic (exact) mass is 272 g/mol. The van der Waals surface area contributed by atoms with E-state index in [9.17, 15) is 9.59 Å². The third-order valence-corrected chi connectivity index (χ3v) is 4.21. The molecule has 1 aliphatic carbocycles. The Morgan fingerprint density at radius 1 is 1.22 bits per heavy atom. The maximum Gasteiger partial charge on any atom is 0.321 e. The van der Waals surface area contributed by atoms with Gasteiger partial charge in [-0.2, -0.15) is 0 Å². The lowest BCUT2D eigenvalue weighted by Crippen LogP contribution is -2.41. The molecule has 0 saturated heterocycles. The summed E-state index contributed by atoms with van der Waals surface area (Å²) in [5.74, 6) is 0.193. The fourth-order valence-corrected chi connectivity index (χ4v) is 3.02. The van der Waals surface area contributed by atoms with Gasteiger partial charge in [0.15, 0.2) is 0 Å². The summed E-state index contributed by atoms with van der Waals surface area (Å²) in [4.78, 5) is 22.9. The molecule has 4 nitrogen and oxygen atoms in total. The highest BCUT2D eigenvalue weighted by atomic mass is 32.2. The van der Waals surface area contributed by atoms with Crippen molar-refractivity contribution in [3.05, 3.63) is 0 Å². The molecule has 0 unspecified atom stereocenters. The van der Waals surface area contributed by atoms with Crippen molar-refractivity contribution in [3.8, 4) is 0 Å². The molecule has 0 aromatic rings. The lowest BCUT2D eigenvalue weighted by atomic mass is 10.2. The van der Waals surface area contributed by atoms with Gasteiger partial charge in [0.25, 0.3) is 0 Å². The molecular weight excluding hydrogens is 248 g/mol. The predicted octanol–water partition coefficient (Wildman–Crippen LogP) is 2.68. The number of imide groups is 1. The molecule has 5 heteroatoms. The molecule has 0 atom stereocenters. The second kappa shape index (κ2) is 8.40. The van der Waals surface area contributed by atoms with Gasteiger partial charge in [0, 0.05) is 11.3 Å². The van der Waals surface area contributed by atoms with E-state index < -0.39 is 0 Å². The quantitative estimate of drug-likeness (QED) is 0.714. The minimum absolute atomic E-state index is 0.185. The van der Waals surface area contributed by atoms with Crippen LogP contribution < -0.4 is 10.6 Å². The molecule has 18 heavy (non-hydrogen) atoms. The number of rotatable bonds is 8. The van der Waals surface area contributed by atoms with Crippen LogP contribution in [0.15, 0.2) is 0 Å². The molecule has 0 aliphatic heterocycles. The van der Waals surface area contributed by atoms with Crippen LogP contribution in [0, 0.1) is 0 Å². The van der Waals surface area contributed by atoms with E-state index in [1.54, 1.807) is 11.8 Å². The molecule has 0 heterocycles. The van der Waals surface area contributed by atoms with Crippen LogP contribution in [0.4, 0.5) is 4.79 Å². The van der Waals surface area contributed by atoms with Gasteiger partial charge in [-0.05, 0) is 25.7 Å². The Labute approximate surface area is 114 Å². The second-order valence-corrected chi connectivity index (χ2v) is 6.09. The third kappa shape index (κ3) is 6.89. The number of thioether (sulfide) groups is 1. The van der Waals surface area contributed by atoms with E-state index in [1.807, 2.05) is 0 Å². The summed E-state index contributed by atoms with van der Waals surface area (Å²) in [6.07, 6.45) is 6.62. The number of urea groups is 1. The summed E-state index contributed by atoms with van der Waals surface area (Å²) in [7, 11) is 0. The third-order valence-electron chi connectivity index (χ3n) is 2.84. The van der Waals surface area contributed by atoms with Crippen molar-refractivity contribution < 1.29 is 9.59 Å². The van der Waals surface area contributed by atoms with E-state index in [4.69, 9.17) is 0 Å². The van der Waals surface area contributed by atoms with Gasteiger partial charge >= 0.3 is 6.03 Å². The van der Waals surface area contributed by atoms with Crippen LogP contribution >= 0.6 is 11.8 Å². The number of hydrogen-bond donors (Lipinski definition) is 2. The first-order valence-electron chi connectivity index (χ1n) is 6.87. The molecule has 2 N–H and O–H groups in total. The summed E-state index contributed by atoms with van der Waals surface area (Å²) in [5.41, 5.74) is 0. The molecule has 0 aromatic heterocycles. The van der Waals surface area contributed by atoms with E-state index in [0.29, 0.717) is 17.0 Å². The van der Waals surface area contributed by atoms with Crippen LogP contribution in [-0.2, 0) is 4.79 Å². The van der Waals surface area contributed by atoms with Crippen LogP contribution in [0.25, 0.3) is 0 Å². The average Bonchev–Trinajstić information content (AvgIpc) is 3.10. The van der Waals surface area contributed by atoms with Crippen molar-refractivity contribution in [3.63, 3.8) is 0 Å². The van der Waals surface area contributed by atoms with E-state index >= 15 is 0 Å². The van der Waals surface area contributed by atoms with E-state index in [1.165, 1.54) is 0 Å². The zero-order valence-electron chi connectivity index (χ0n) is 11.3. The van der Waals surface area contributed by atoms with Crippen molar-refractivity contribution in [2.45, 2.75) is 63.7 Å². The lowest BCUT2D eigenvalue weighted by Gasteiger charge is -2.14. The van der Waals surface area contributed by atoms with Crippen molar-refractivity contribution in [1.82, 2.24) is 10.6 Å². The number of amides is 3. The number of nitrogens with one attached hydrogen (secondary N) is 2. The highest BCUT2D eigenvalue weighted by Crippen LogP contribution is 2.21. The number of carbonyl (C=O) groups excluding carboxylic acids is 2. The van der Waals surface area contributed by atoms with Gasteiger partial charge in [0.2, 0.25) is 5.91 Å². The largest absolute Gasteiger partial charge is 0.335 e. The molecule has 104 valence electrons. The normalized spacial score (nSPS) is 14.6. The summed E-state index contributed by atoms with van der Waals surface area (Å²) < 4.78 is 0. The van der Waals surface area contributed by atoms with Crippen LogP contribution in [0.3, 0.4) is 0 Å². The number of carbonyl (C=O) groups is 2. The van der Waals surface area contributed by atoms with Gasteiger partial charge in [-0.1, -0.05) is 26.7 Å². The Morgan fingerprint density at radius 3 is 2.33 bits per heavy atom. The van der Waals surface area contributed by atoms with E-state index in [0.717, 1.165) is 38.5 Å². The first kappa shape index (κ1) is 15.3. The molecule has 0 radical (unpaired) electrons. The maximum atomic E-state index is 11.6. The molecular formula is C13H24N2O2S. The predicted molar refractivity (Wildman–Crippen MR) is 75.8 cm³/mol. The summed E-state index contributed by atoms with van der Waals surface area (Å²) in [5, 5.41) is 5.66. The van der Waals surface area contributed by atoms with Crippen LogP contribution in [0.5, 0.6) is 0 Å². The fraction of sp³-hybridized carbons (Fsp3) is 0.846.